The normalized spacial score (nSPS) is 15.2. The van der Waals surface area contributed by atoms with E-state index in [2.05, 4.69) is 57.4 Å². The highest BCUT2D eigenvalue weighted by Crippen LogP contribution is 2.37. The van der Waals surface area contributed by atoms with Gasteiger partial charge >= 0.3 is 0 Å². The molecule has 8 nitrogen and oxygen atoms in total. The van der Waals surface area contributed by atoms with Crippen molar-refractivity contribution >= 4 is 66.6 Å². The van der Waals surface area contributed by atoms with Crippen LogP contribution in [0.2, 0.25) is 0 Å². The van der Waals surface area contributed by atoms with E-state index in [1.807, 2.05) is 46.9 Å². The van der Waals surface area contributed by atoms with Gasteiger partial charge in [0.05, 0.1) is 23.8 Å². The zero-order chi connectivity index (χ0) is 27.8. The lowest BCUT2D eigenvalue weighted by Crippen LogP contribution is -2.29. The van der Waals surface area contributed by atoms with E-state index in [0.717, 1.165) is 36.4 Å². The quantitative estimate of drug-likeness (QED) is 0.212. The van der Waals surface area contributed by atoms with Crippen LogP contribution in [0.15, 0.2) is 69.0 Å². The van der Waals surface area contributed by atoms with Gasteiger partial charge in [0.25, 0.3) is 5.56 Å². The summed E-state index contributed by atoms with van der Waals surface area (Å²) in [5.74, 6) is 0.850. The number of rotatable bonds is 8. The molecule has 0 bridgehead atoms. The van der Waals surface area contributed by atoms with Crippen LogP contribution in [0.5, 0.6) is 0 Å². The lowest BCUT2D eigenvalue weighted by molar-refractivity contribution is -0.113. The molecule has 0 saturated heterocycles. The van der Waals surface area contributed by atoms with Crippen LogP contribution >= 0.6 is 39.0 Å². The maximum Gasteiger partial charge on any atom is 0.263 e. The number of aryl methyl sites for hydroxylation is 2. The predicted molar refractivity (Wildman–Crippen MR) is 163 cm³/mol. The van der Waals surface area contributed by atoms with Gasteiger partial charge in [-0.2, -0.15) is 0 Å². The van der Waals surface area contributed by atoms with Gasteiger partial charge in [0.15, 0.2) is 5.16 Å². The number of thioether (sulfide) groups is 1. The number of hydrogen-bond donors (Lipinski definition) is 1. The lowest BCUT2D eigenvalue weighted by atomic mass is 9.96. The Morgan fingerprint density at radius 2 is 1.95 bits per heavy atom. The van der Waals surface area contributed by atoms with Crippen molar-refractivity contribution in [1.29, 1.82) is 0 Å². The highest BCUT2D eigenvalue weighted by molar-refractivity contribution is 9.10. The fourth-order valence-corrected chi connectivity index (χ4v) is 7.26. The second-order valence-corrected chi connectivity index (χ2v) is 13.1. The minimum absolute atomic E-state index is 0.0442. The zero-order valence-electron chi connectivity index (χ0n) is 22.1. The first-order valence-corrected chi connectivity index (χ1v) is 15.7. The Balaban J connectivity index is 1.38. The van der Waals surface area contributed by atoms with Crippen LogP contribution in [0.25, 0.3) is 16.0 Å². The Bertz CT molecular complexity index is 1750. The number of amides is 1. The molecule has 0 saturated carbocycles. The number of aromatic nitrogens is 4. The van der Waals surface area contributed by atoms with E-state index >= 15 is 0 Å². The number of anilines is 1. The summed E-state index contributed by atoms with van der Waals surface area (Å²) in [5, 5.41) is 13.1. The van der Waals surface area contributed by atoms with Crippen molar-refractivity contribution in [2.24, 2.45) is 5.92 Å². The van der Waals surface area contributed by atoms with Crippen molar-refractivity contribution < 1.29 is 9.53 Å². The highest BCUT2D eigenvalue weighted by Gasteiger charge is 2.30. The average molecular weight is 639 g/mol. The Kier molecular flexibility index (Phi) is 7.80. The average Bonchev–Trinajstić information content (AvgIpc) is 3.55. The minimum atomic E-state index is -0.142. The second kappa shape index (κ2) is 11.5. The van der Waals surface area contributed by atoms with Gasteiger partial charge in [-0.25, -0.2) is 4.40 Å². The van der Waals surface area contributed by atoms with Gasteiger partial charge < -0.3 is 10.1 Å². The molecule has 1 amide bonds. The molecule has 206 valence electrons. The molecule has 1 unspecified atom stereocenters. The molecule has 40 heavy (non-hydrogen) atoms. The molecule has 2 aromatic carbocycles. The van der Waals surface area contributed by atoms with Crippen LogP contribution in [-0.2, 0) is 35.5 Å². The first-order chi connectivity index (χ1) is 19.4. The van der Waals surface area contributed by atoms with E-state index in [1.54, 1.807) is 15.9 Å². The fourth-order valence-electron chi connectivity index (χ4n) is 4.96. The maximum absolute atomic E-state index is 14.0. The number of carbonyl (C=O) groups is 1. The van der Waals surface area contributed by atoms with Gasteiger partial charge in [0.2, 0.25) is 11.7 Å². The van der Waals surface area contributed by atoms with Crippen molar-refractivity contribution in [3.8, 4) is 0 Å². The third-order valence-electron chi connectivity index (χ3n) is 7.10. The van der Waals surface area contributed by atoms with Crippen molar-refractivity contribution in [3.63, 3.8) is 0 Å². The molecule has 5 aromatic rings. The summed E-state index contributed by atoms with van der Waals surface area (Å²) in [4.78, 5) is 28.7. The Morgan fingerprint density at radius 3 is 2.70 bits per heavy atom. The van der Waals surface area contributed by atoms with Crippen LogP contribution < -0.4 is 10.9 Å². The molecule has 6 rings (SSSR count). The number of carbonyl (C=O) groups excluding carboxylic acids is 1. The van der Waals surface area contributed by atoms with Gasteiger partial charge in [0, 0.05) is 28.0 Å². The van der Waals surface area contributed by atoms with Crippen LogP contribution in [0, 0.1) is 5.92 Å². The van der Waals surface area contributed by atoms with E-state index in [1.165, 1.54) is 11.8 Å². The molecule has 11 heteroatoms. The summed E-state index contributed by atoms with van der Waals surface area (Å²) in [6.45, 7) is 5.26. The number of halogens is 1. The number of ether oxygens (including phenoxy) is 1. The standard InChI is InChI=1S/C29H28BrN5O3S2/c1-17(2)22-14-21-23(15-38-22)40-27-25(21)26(37)34(13-12-18-6-4-3-5-7-18)28-32-33-29(35(27)28)39-16-24(36)31-20-10-8-19(30)9-11-20/h3-11,17,22H,12-16H2,1-2H3,(H,31,36). The first kappa shape index (κ1) is 27.2. The molecule has 3 aromatic heterocycles. The Labute approximate surface area is 247 Å². The van der Waals surface area contributed by atoms with Crippen LogP contribution in [0.4, 0.5) is 5.69 Å². The largest absolute Gasteiger partial charge is 0.372 e. The summed E-state index contributed by atoms with van der Waals surface area (Å²) < 4.78 is 10.8. The minimum Gasteiger partial charge on any atom is -0.372 e. The maximum atomic E-state index is 14.0. The van der Waals surface area contributed by atoms with Crippen molar-refractivity contribution in [1.82, 2.24) is 19.2 Å². The monoisotopic (exact) mass is 637 g/mol. The second-order valence-electron chi connectivity index (χ2n) is 10.1. The smallest absolute Gasteiger partial charge is 0.263 e. The fraction of sp³-hybridized carbons (Fsp3) is 0.310. The van der Waals surface area contributed by atoms with Crippen LogP contribution in [0.3, 0.4) is 0 Å². The van der Waals surface area contributed by atoms with Gasteiger partial charge in [-0.05, 0) is 47.7 Å². The summed E-state index contributed by atoms with van der Waals surface area (Å²) in [5.41, 5.74) is 2.90. The molecule has 1 atom stereocenters. The molecule has 0 spiro atoms. The third kappa shape index (κ3) is 5.35. The molecular weight excluding hydrogens is 610 g/mol. The summed E-state index contributed by atoms with van der Waals surface area (Å²) in [7, 11) is 0. The topological polar surface area (TPSA) is 90.5 Å². The molecule has 1 N–H and O–H groups in total. The van der Waals surface area contributed by atoms with Gasteiger partial charge in [-0.1, -0.05) is 71.9 Å². The molecular formula is C29H28BrN5O3S2. The van der Waals surface area contributed by atoms with Gasteiger partial charge in [-0.3, -0.25) is 14.2 Å². The third-order valence-corrected chi connectivity index (χ3v) is 9.74. The van der Waals surface area contributed by atoms with Crippen molar-refractivity contribution in [2.75, 3.05) is 11.1 Å². The lowest BCUT2D eigenvalue weighted by Gasteiger charge is -2.26. The number of nitrogens with one attached hydrogen (secondary N) is 1. The molecule has 0 fully saturated rings. The molecule has 1 aliphatic rings. The number of hydrogen-bond acceptors (Lipinski definition) is 7. The molecule has 0 radical (unpaired) electrons. The first-order valence-electron chi connectivity index (χ1n) is 13.1. The molecule has 0 aliphatic carbocycles. The van der Waals surface area contributed by atoms with E-state index in [9.17, 15) is 9.59 Å². The van der Waals surface area contributed by atoms with E-state index < -0.39 is 0 Å². The van der Waals surface area contributed by atoms with Crippen molar-refractivity contribution in [2.45, 2.75) is 51.1 Å². The zero-order valence-corrected chi connectivity index (χ0v) is 25.3. The van der Waals surface area contributed by atoms with Crippen LogP contribution in [-0.4, -0.2) is 36.9 Å². The van der Waals surface area contributed by atoms with E-state index in [0.29, 0.717) is 42.8 Å². The van der Waals surface area contributed by atoms with E-state index in [-0.39, 0.29) is 23.3 Å². The van der Waals surface area contributed by atoms with E-state index in [4.69, 9.17) is 4.74 Å². The number of nitrogens with zero attached hydrogens (tertiary/aromatic N) is 4. The molecule has 4 heterocycles. The van der Waals surface area contributed by atoms with Gasteiger partial charge in [-0.15, -0.1) is 21.5 Å². The van der Waals surface area contributed by atoms with Crippen molar-refractivity contribution in [3.05, 3.63) is 85.4 Å². The number of thiophene rings is 1. The van der Waals surface area contributed by atoms with Gasteiger partial charge in [0.1, 0.15) is 4.83 Å². The molecule has 1 aliphatic heterocycles. The summed E-state index contributed by atoms with van der Waals surface area (Å²) in [6, 6.07) is 17.6. The highest BCUT2D eigenvalue weighted by atomic mass is 79.9. The Hall–Kier alpha value is -2.99. The SMILES string of the molecule is CC(C)C1Cc2c(sc3c2c(=O)n(CCc2ccccc2)c2nnc(SCC(=O)Nc4ccc(Br)cc4)n32)CO1. The summed E-state index contributed by atoms with van der Waals surface area (Å²) >= 11 is 6.29. The number of fused-ring (bicyclic) bond motifs is 5. The predicted octanol–water partition coefficient (Wildman–Crippen LogP) is 5.94. The Morgan fingerprint density at radius 1 is 1.18 bits per heavy atom. The number of benzene rings is 2. The summed E-state index contributed by atoms with van der Waals surface area (Å²) in [6.07, 6.45) is 1.46. The van der Waals surface area contributed by atoms with Crippen LogP contribution in [0.1, 0.15) is 29.9 Å².